The van der Waals surface area contributed by atoms with Crippen molar-refractivity contribution < 1.29 is 4.43 Å². The molecule has 1 atom stereocenters. The Morgan fingerprint density at radius 2 is 1.13 bits per heavy atom. The maximum atomic E-state index is 5.42. The van der Waals surface area contributed by atoms with E-state index in [1.54, 1.807) is 83.6 Å². The summed E-state index contributed by atoms with van der Waals surface area (Å²) in [4.78, 5) is 0. The highest BCUT2D eigenvalue weighted by Gasteiger charge is 2.31. The molecule has 6 heterocycles. The van der Waals surface area contributed by atoms with Crippen LogP contribution < -0.4 is 15.6 Å². The molecule has 0 spiro atoms. The van der Waals surface area contributed by atoms with E-state index in [0.29, 0.717) is 0 Å². The topological polar surface area (TPSA) is 9.23 Å². The van der Waals surface area contributed by atoms with Gasteiger partial charge in [0, 0.05) is 24.2 Å². The minimum absolute atomic E-state index is 0.0139. The number of benzene rings is 3. The van der Waals surface area contributed by atoms with Crippen molar-refractivity contribution >= 4 is 60.5 Å². The lowest BCUT2D eigenvalue weighted by molar-refractivity contribution is 0.291. The molecule has 6 heteroatoms. The molecule has 45 heavy (non-hydrogen) atoms. The summed E-state index contributed by atoms with van der Waals surface area (Å²) in [7, 11) is -1.27. The molecule has 244 valence electrons. The molecule has 1 unspecified atom stereocenters. The van der Waals surface area contributed by atoms with Crippen LogP contribution in [-0.2, 0) is 4.43 Å². The minimum atomic E-state index is -0.595. The van der Waals surface area contributed by atoms with Crippen molar-refractivity contribution in [2.24, 2.45) is 5.92 Å². The molecule has 0 amide bonds. The minimum Gasteiger partial charge on any atom is -0.420 e. The van der Waals surface area contributed by atoms with E-state index in [-0.39, 0.29) is 27.1 Å². The Kier molecular flexibility index (Phi) is 15.2. The molecule has 6 aliphatic rings. The van der Waals surface area contributed by atoms with Crippen molar-refractivity contribution in [3.63, 3.8) is 0 Å². The van der Waals surface area contributed by atoms with Crippen LogP contribution in [0.2, 0.25) is 61.4 Å². The Bertz CT molecular complexity index is 1170. The van der Waals surface area contributed by atoms with Gasteiger partial charge in [-0.25, -0.2) is 0 Å². The molecule has 2 bridgehead atoms. The Morgan fingerprint density at radius 1 is 0.578 bits per heavy atom. The van der Waals surface area contributed by atoms with Gasteiger partial charge in [0.25, 0.3) is 0 Å². The fraction of sp³-hybridized carbons (Fsp3) is 0.538. The summed E-state index contributed by atoms with van der Waals surface area (Å²) in [6, 6.07) is 41.7. The van der Waals surface area contributed by atoms with Gasteiger partial charge >= 0.3 is 0 Å². The van der Waals surface area contributed by atoms with Crippen LogP contribution in [0.15, 0.2) is 78.9 Å². The standard InChI is InChI=1S/C12H10Si.C11H16Si.C6H12Si.C5H12OSi.C5H12Si/c1-3-7-11-9(5-1)10-6-2-4-8-12(10)13-11;1-3-7-11(8-4-1)12-9-5-2-6-10-12;1-3-7-4-2-6(1)5-7;1-7-5-3-2-4-6-7;1-6-4-2-3-5-6/h1-8H,13H2;1,3-4,7-8,12H,2,5-6,9-10H2;6-7H,1-5H2;7H,2-5H2,1H3;6H,2-5H2,1H3. The number of fused-ring (bicyclic) bond motifs is 5. The molecule has 0 radical (unpaired) electrons. The third-order valence-corrected chi connectivity index (χ3v) is 25.2. The maximum absolute atomic E-state index is 5.42. The Labute approximate surface area is 285 Å². The molecule has 0 aliphatic carbocycles. The van der Waals surface area contributed by atoms with Gasteiger partial charge < -0.3 is 4.43 Å². The summed E-state index contributed by atoms with van der Waals surface area (Å²) in [6.07, 6.45) is 13.5. The SMILES string of the molecule is C1C[SiH]2CCC1C2.C[SiH]1CCCC1.C[SiH]1CCCCO1.c1ccc([SiH]2CCCCC2)cc1.c1ccc2c(c1)[SiH2]c1ccccc1-2. The first kappa shape index (κ1) is 35.0. The van der Waals surface area contributed by atoms with Crippen LogP contribution in [0.4, 0.5) is 0 Å². The number of hydrogen-bond acceptors (Lipinski definition) is 1. The van der Waals surface area contributed by atoms with Crippen molar-refractivity contribution in [3.8, 4) is 11.1 Å². The van der Waals surface area contributed by atoms with Gasteiger partial charge in [-0.05, 0) is 36.1 Å². The van der Waals surface area contributed by atoms with E-state index in [1.165, 1.54) is 55.2 Å². The number of rotatable bonds is 1. The van der Waals surface area contributed by atoms with Crippen molar-refractivity contribution in [1.29, 1.82) is 0 Å². The molecule has 3 aromatic carbocycles. The van der Waals surface area contributed by atoms with Gasteiger partial charge in [0.15, 0.2) is 9.04 Å². The van der Waals surface area contributed by atoms with Crippen LogP contribution in [0.3, 0.4) is 0 Å². The quantitative estimate of drug-likeness (QED) is 0.188. The summed E-state index contributed by atoms with van der Waals surface area (Å²) in [5, 5.41) is 4.89. The van der Waals surface area contributed by atoms with Crippen LogP contribution in [0, 0.1) is 5.92 Å². The third kappa shape index (κ3) is 11.7. The molecule has 0 N–H and O–H groups in total. The molecule has 9 rings (SSSR count). The molecule has 0 aromatic heterocycles. The summed E-state index contributed by atoms with van der Waals surface area (Å²) in [5.74, 6) is 1.23. The van der Waals surface area contributed by atoms with Gasteiger partial charge in [0.05, 0.1) is 18.3 Å². The second-order valence-electron chi connectivity index (χ2n) is 14.9. The van der Waals surface area contributed by atoms with E-state index in [1.807, 2.05) is 0 Å². The predicted octanol–water partition coefficient (Wildman–Crippen LogP) is 7.52. The summed E-state index contributed by atoms with van der Waals surface area (Å²) >= 11 is 0. The molecule has 3 aromatic rings. The molecular formula is C39H62OSi5. The molecular weight excluding hydrogens is 625 g/mol. The average molecular weight is 687 g/mol. The second kappa shape index (κ2) is 19.5. The van der Waals surface area contributed by atoms with Crippen LogP contribution >= 0.6 is 0 Å². The van der Waals surface area contributed by atoms with Gasteiger partial charge in [-0.15, -0.1) is 0 Å². The van der Waals surface area contributed by atoms with Gasteiger partial charge in [-0.1, -0.05) is 195 Å². The zero-order valence-electron chi connectivity index (χ0n) is 28.7. The first-order valence-electron chi connectivity index (χ1n) is 19.0. The fourth-order valence-electron chi connectivity index (χ4n) is 8.45. The smallest absolute Gasteiger partial charge is 0.173 e. The van der Waals surface area contributed by atoms with Crippen molar-refractivity contribution in [2.45, 2.75) is 119 Å². The van der Waals surface area contributed by atoms with Gasteiger partial charge in [-0.3, -0.25) is 0 Å². The fourth-order valence-corrected chi connectivity index (χ4v) is 21.6. The monoisotopic (exact) mass is 686 g/mol. The summed E-state index contributed by atoms with van der Waals surface area (Å²) in [5.41, 5.74) is 2.95. The van der Waals surface area contributed by atoms with Gasteiger partial charge in [0.2, 0.25) is 0 Å². The van der Waals surface area contributed by atoms with E-state index in [0.717, 1.165) is 6.61 Å². The average Bonchev–Trinajstić information content (AvgIpc) is 3.94. The summed E-state index contributed by atoms with van der Waals surface area (Å²) < 4.78 is 5.42. The lowest BCUT2D eigenvalue weighted by Crippen LogP contribution is -2.31. The van der Waals surface area contributed by atoms with Crippen LogP contribution in [0.5, 0.6) is 0 Å². The normalized spacial score (nSPS) is 24.7. The zero-order valence-corrected chi connectivity index (χ0v) is 34.8. The lowest BCUT2D eigenvalue weighted by atomic mass is 10.1. The van der Waals surface area contributed by atoms with Crippen molar-refractivity contribution in [3.05, 3.63) is 78.9 Å². The van der Waals surface area contributed by atoms with Crippen LogP contribution in [0.1, 0.15) is 57.8 Å². The van der Waals surface area contributed by atoms with E-state index in [9.17, 15) is 0 Å². The van der Waals surface area contributed by atoms with Gasteiger partial charge in [0.1, 0.15) is 0 Å². The van der Waals surface area contributed by atoms with Crippen LogP contribution in [-0.4, -0.2) is 51.6 Å². The molecule has 5 fully saturated rings. The summed E-state index contributed by atoms with van der Waals surface area (Å²) in [6.45, 7) is 5.81. The molecule has 1 nitrogen and oxygen atoms in total. The first-order valence-corrected chi connectivity index (χ1v) is 30.3. The van der Waals surface area contributed by atoms with Gasteiger partial charge in [-0.2, -0.15) is 0 Å². The van der Waals surface area contributed by atoms with E-state index >= 15 is 0 Å². The van der Waals surface area contributed by atoms with Crippen LogP contribution in [0.25, 0.3) is 11.1 Å². The molecule has 0 saturated carbocycles. The van der Waals surface area contributed by atoms with E-state index in [2.05, 4.69) is 92.0 Å². The van der Waals surface area contributed by atoms with E-state index in [4.69, 9.17) is 4.43 Å². The number of hydrogen-bond donors (Lipinski definition) is 0. The lowest BCUT2D eigenvalue weighted by Gasteiger charge is -2.20. The van der Waals surface area contributed by atoms with Crippen molar-refractivity contribution in [2.75, 3.05) is 6.61 Å². The highest BCUT2D eigenvalue weighted by molar-refractivity contribution is 6.73. The largest absolute Gasteiger partial charge is 0.420 e. The predicted molar refractivity (Wildman–Crippen MR) is 216 cm³/mol. The highest BCUT2D eigenvalue weighted by Crippen LogP contribution is 2.40. The Balaban J connectivity index is 0.000000115. The van der Waals surface area contributed by atoms with Crippen molar-refractivity contribution in [1.82, 2.24) is 0 Å². The zero-order chi connectivity index (χ0) is 31.1. The second-order valence-corrected chi connectivity index (χ2v) is 29.3. The highest BCUT2D eigenvalue weighted by atomic mass is 28.3. The Morgan fingerprint density at radius 3 is 1.56 bits per heavy atom. The first-order chi connectivity index (χ1) is 22.2. The third-order valence-electron chi connectivity index (χ3n) is 11.3. The van der Waals surface area contributed by atoms with E-state index < -0.39 is 17.8 Å². The molecule has 6 aliphatic heterocycles. The maximum Gasteiger partial charge on any atom is 0.173 e. The molecule has 5 saturated heterocycles. The Hall–Kier alpha value is -1.30.